The molecule has 2 heteroatoms. The molecule has 2 nitrogen and oxygen atoms in total. The van der Waals surface area contributed by atoms with Crippen LogP contribution in [0.5, 0.6) is 0 Å². The molecule has 0 unspecified atom stereocenters. The Kier molecular flexibility index (Phi) is 1.41. The quantitative estimate of drug-likeness (QED) is 0.608. The maximum atomic E-state index is 4.26. The van der Waals surface area contributed by atoms with Crippen LogP contribution in [-0.4, -0.2) is 9.97 Å². The van der Waals surface area contributed by atoms with Gasteiger partial charge >= 0.3 is 0 Å². The summed E-state index contributed by atoms with van der Waals surface area (Å²) in [5.41, 5.74) is 0.293. The second-order valence-corrected chi connectivity index (χ2v) is 3.49. The normalized spacial score (nSPS) is 20.8. The fraction of sp³-hybridized carbons (Fsp3) is 0.556. The molecular weight excluding hydrogens is 136 g/mol. The van der Waals surface area contributed by atoms with Crippen molar-refractivity contribution < 1.29 is 0 Å². The lowest BCUT2D eigenvalue weighted by Gasteiger charge is -2.36. The molecule has 0 radical (unpaired) electrons. The highest BCUT2D eigenvalue weighted by Gasteiger charge is 2.35. The summed E-state index contributed by atoms with van der Waals surface area (Å²) in [6, 6.07) is 1.87. The van der Waals surface area contributed by atoms with Crippen molar-refractivity contribution in [2.75, 3.05) is 0 Å². The highest BCUT2D eigenvalue weighted by Crippen LogP contribution is 2.40. The number of hydrogen-bond acceptors (Lipinski definition) is 2. The molecule has 0 bridgehead atoms. The summed E-state index contributed by atoms with van der Waals surface area (Å²) in [6.45, 7) is 2.24. The van der Waals surface area contributed by atoms with Crippen molar-refractivity contribution in [3.8, 4) is 0 Å². The molecule has 0 N–H and O–H groups in total. The molecule has 0 aromatic carbocycles. The van der Waals surface area contributed by atoms with Crippen molar-refractivity contribution in [1.82, 2.24) is 9.97 Å². The average Bonchev–Trinajstić information content (AvgIpc) is 2.02. The van der Waals surface area contributed by atoms with Crippen molar-refractivity contribution in [3.05, 3.63) is 24.3 Å². The minimum atomic E-state index is 0.293. The number of rotatable bonds is 1. The van der Waals surface area contributed by atoms with Crippen LogP contribution < -0.4 is 0 Å². The third kappa shape index (κ3) is 1.02. The van der Waals surface area contributed by atoms with E-state index in [2.05, 4.69) is 16.9 Å². The van der Waals surface area contributed by atoms with Gasteiger partial charge in [0.1, 0.15) is 5.82 Å². The monoisotopic (exact) mass is 148 g/mol. The SMILES string of the molecule is CC1(c2ncccn2)CCC1. The first-order chi connectivity index (χ1) is 5.31. The van der Waals surface area contributed by atoms with Gasteiger partial charge in [-0.15, -0.1) is 0 Å². The molecule has 1 aromatic heterocycles. The largest absolute Gasteiger partial charge is 0.241 e. The highest BCUT2D eigenvalue weighted by molar-refractivity contribution is 5.10. The molecule has 1 aliphatic carbocycles. The van der Waals surface area contributed by atoms with E-state index >= 15 is 0 Å². The Morgan fingerprint density at radius 2 is 1.91 bits per heavy atom. The Labute approximate surface area is 66.7 Å². The van der Waals surface area contributed by atoms with Gasteiger partial charge in [0, 0.05) is 17.8 Å². The van der Waals surface area contributed by atoms with E-state index in [4.69, 9.17) is 0 Å². The molecule has 1 fully saturated rings. The van der Waals surface area contributed by atoms with E-state index in [0.717, 1.165) is 5.82 Å². The van der Waals surface area contributed by atoms with Gasteiger partial charge in [0.05, 0.1) is 0 Å². The lowest BCUT2D eigenvalue weighted by Crippen LogP contribution is -2.32. The predicted molar refractivity (Wildman–Crippen MR) is 43.2 cm³/mol. The molecule has 0 spiro atoms. The maximum absolute atomic E-state index is 4.26. The van der Waals surface area contributed by atoms with Crippen LogP contribution in [0.1, 0.15) is 32.0 Å². The second-order valence-electron chi connectivity index (χ2n) is 3.49. The van der Waals surface area contributed by atoms with Crippen LogP contribution in [0.4, 0.5) is 0 Å². The van der Waals surface area contributed by atoms with E-state index in [-0.39, 0.29) is 0 Å². The van der Waals surface area contributed by atoms with Crippen LogP contribution in [0.15, 0.2) is 18.5 Å². The lowest BCUT2D eigenvalue weighted by atomic mass is 9.70. The first-order valence-corrected chi connectivity index (χ1v) is 4.09. The highest BCUT2D eigenvalue weighted by atomic mass is 14.9. The zero-order chi connectivity index (χ0) is 7.73. The maximum Gasteiger partial charge on any atom is 0.134 e. The van der Waals surface area contributed by atoms with E-state index in [9.17, 15) is 0 Å². The summed E-state index contributed by atoms with van der Waals surface area (Å²) >= 11 is 0. The molecule has 1 aromatic rings. The van der Waals surface area contributed by atoms with E-state index in [0.29, 0.717) is 5.41 Å². The Morgan fingerprint density at radius 1 is 1.27 bits per heavy atom. The molecule has 0 aliphatic heterocycles. The van der Waals surface area contributed by atoms with Gasteiger partial charge in [0.25, 0.3) is 0 Å². The van der Waals surface area contributed by atoms with Crippen molar-refractivity contribution in [1.29, 1.82) is 0 Å². The molecule has 2 rings (SSSR count). The van der Waals surface area contributed by atoms with Crippen molar-refractivity contribution in [3.63, 3.8) is 0 Å². The summed E-state index contributed by atoms with van der Waals surface area (Å²) in [4.78, 5) is 8.52. The predicted octanol–water partition coefficient (Wildman–Crippen LogP) is 1.92. The summed E-state index contributed by atoms with van der Waals surface area (Å²) in [5.74, 6) is 1.02. The molecular formula is C9H12N2. The number of aromatic nitrogens is 2. The van der Waals surface area contributed by atoms with Gasteiger partial charge in [0.2, 0.25) is 0 Å². The fourth-order valence-electron chi connectivity index (χ4n) is 1.54. The van der Waals surface area contributed by atoms with Crippen LogP contribution >= 0.6 is 0 Å². The van der Waals surface area contributed by atoms with E-state index in [1.54, 1.807) is 0 Å². The summed E-state index contributed by atoms with van der Waals surface area (Å²) < 4.78 is 0. The average molecular weight is 148 g/mol. The standard InChI is InChI=1S/C9H12N2/c1-9(4-2-5-9)8-10-6-3-7-11-8/h3,6-7H,2,4-5H2,1H3. The van der Waals surface area contributed by atoms with E-state index in [1.807, 2.05) is 18.5 Å². The van der Waals surface area contributed by atoms with Gasteiger partial charge in [0.15, 0.2) is 0 Å². The summed E-state index contributed by atoms with van der Waals surface area (Å²) in [5, 5.41) is 0. The van der Waals surface area contributed by atoms with Crippen LogP contribution in [0, 0.1) is 0 Å². The van der Waals surface area contributed by atoms with Gasteiger partial charge in [-0.1, -0.05) is 13.3 Å². The minimum absolute atomic E-state index is 0.293. The first kappa shape index (κ1) is 6.77. The van der Waals surface area contributed by atoms with Crippen LogP contribution in [0.3, 0.4) is 0 Å². The van der Waals surface area contributed by atoms with Crippen molar-refractivity contribution >= 4 is 0 Å². The van der Waals surface area contributed by atoms with Crippen LogP contribution in [0.2, 0.25) is 0 Å². The van der Waals surface area contributed by atoms with Gasteiger partial charge < -0.3 is 0 Å². The van der Waals surface area contributed by atoms with Gasteiger partial charge in [-0.05, 0) is 18.9 Å². The zero-order valence-electron chi connectivity index (χ0n) is 6.75. The molecule has 0 saturated heterocycles. The van der Waals surface area contributed by atoms with Gasteiger partial charge in [-0.3, -0.25) is 0 Å². The van der Waals surface area contributed by atoms with Crippen molar-refractivity contribution in [2.24, 2.45) is 0 Å². The van der Waals surface area contributed by atoms with E-state index < -0.39 is 0 Å². The molecule has 58 valence electrons. The smallest absolute Gasteiger partial charge is 0.134 e. The molecule has 0 amide bonds. The Bertz CT molecular complexity index is 239. The van der Waals surface area contributed by atoms with Gasteiger partial charge in [-0.25, -0.2) is 9.97 Å². The zero-order valence-corrected chi connectivity index (χ0v) is 6.75. The first-order valence-electron chi connectivity index (χ1n) is 4.09. The third-order valence-corrected chi connectivity index (χ3v) is 2.56. The number of hydrogen-bond donors (Lipinski definition) is 0. The Hall–Kier alpha value is -0.920. The fourth-order valence-corrected chi connectivity index (χ4v) is 1.54. The summed E-state index contributed by atoms with van der Waals surface area (Å²) in [6.07, 6.45) is 7.47. The van der Waals surface area contributed by atoms with Gasteiger partial charge in [-0.2, -0.15) is 0 Å². The van der Waals surface area contributed by atoms with Crippen LogP contribution in [-0.2, 0) is 5.41 Å². The van der Waals surface area contributed by atoms with Crippen molar-refractivity contribution in [2.45, 2.75) is 31.6 Å². The van der Waals surface area contributed by atoms with Crippen LogP contribution in [0.25, 0.3) is 0 Å². The third-order valence-electron chi connectivity index (χ3n) is 2.56. The molecule has 1 aliphatic rings. The Balaban J connectivity index is 2.29. The number of nitrogens with zero attached hydrogens (tertiary/aromatic N) is 2. The molecule has 0 atom stereocenters. The second kappa shape index (κ2) is 2.29. The topological polar surface area (TPSA) is 25.8 Å². The summed E-state index contributed by atoms with van der Waals surface area (Å²) in [7, 11) is 0. The minimum Gasteiger partial charge on any atom is -0.241 e. The Morgan fingerprint density at radius 3 is 2.36 bits per heavy atom. The molecule has 1 heterocycles. The van der Waals surface area contributed by atoms with E-state index in [1.165, 1.54) is 19.3 Å². The molecule has 1 saturated carbocycles. The lowest BCUT2D eigenvalue weighted by molar-refractivity contribution is 0.256. The molecule has 11 heavy (non-hydrogen) atoms.